The summed E-state index contributed by atoms with van der Waals surface area (Å²) >= 11 is 0. The van der Waals surface area contributed by atoms with E-state index < -0.39 is 15.1 Å². The van der Waals surface area contributed by atoms with Crippen LogP contribution in [0.1, 0.15) is 55.1 Å². The molecule has 2 atom stereocenters. The van der Waals surface area contributed by atoms with E-state index in [1.165, 1.54) is 0 Å². The van der Waals surface area contributed by atoms with Crippen LogP contribution in [0, 0.1) is 5.92 Å². The van der Waals surface area contributed by atoms with Gasteiger partial charge < -0.3 is 4.42 Å². The summed E-state index contributed by atoms with van der Waals surface area (Å²) in [7, 11) is -3.70. The molecule has 1 aromatic heterocycles. The molecule has 0 bridgehead atoms. The molecule has 6 nitrogen and oxygen atoms in total. The molecule has 7 heteroatoms. The van der Waals surface area contributed by atoms with Gasteiger partial charge in [-0.1, -0.05) is 18.2 Å². The molecular weight excluding hydrogens is 328 g/mol. The van der Waals surface area contributed by atoms with Crippen molar-refractivity contribution < 1.29 is 17.6 Å². The molecule has 4 rings (SSSR count). The molecule has 0 amide bonds. The van der Waals surface area contributed by atoms with Crippen molar-refractivity contribution in [3.05, 3.63) is 42.1 Å². The third-order valence-electron chi connectivity index (χ3n) is 4.74. The summed E-state index contributed by atoms with van der Waals surface area (Å²) in [6.07, 6.45) is 3.20. The molecule has 0 radical (unpaired) electrons. The number of carbonyl (C=O) groups is 1. The Hall–Kier alpha value is -2.02. The minimum absolute atomic E-state index is 0.0928. The van der Waals surface area contributed by atoms with E-state index in [9.17, 15) is 13.2 Å². The number of hydrogen-bond acceptors (Lipinski definition) is 6. The number of sulfone groups is 1. The summed E-state index contributed by atoms with van der Waals surface area (Å²) in [6.45, 7) is 0. The molecule has 0 N–H and O–H groups in total. The number of rotatable bonds is 5. The zero-order valence-electron chi connectivity index (χ0n) is 13.1. The molecule has 126 valence electrons. The van der Waals surface area contributed by atoms with Crippen LogP contribution < -0.4 is 0 Å². The van der Waals surface area contributed by atoms with Gasteiger partial charge in [0.25, 0.3) is 0 Å². The summed E-state index contributed by atoms with van der Waals surface area (Å²) in [5.74, 6) is 0.685. The quantitative estimate of drug-likeness (QED) is 0.827. The summed E-state index contributed by atoms with van der Waals surface area (Å²) in [6, 6.07) is 8.28. The number of ketones is 1. The van der Waals surface area contributed by atoms with Gasteiger partial charge >= 0.3 is 0 Å². The maximum atomic E-state index is 13.2. The fourth-order valence-electron chi connectivity index (χ4n) is 3.30. The van der Waals surface area contributed by atoms with Crippen molar-refractivity contribution in [2.45, 2.75) is 48.2 Å². The third kappa shape index (κ3) is 2.77. The molecule has 2 aliphatic carbocycles. The van der Waals surface area contributed by atoms with Crippen LogP contribution in [0.2, 0.25) is 0 Å². The third-order valence-corrected chi connectivity index (χ3v) is 6.93. The van der Waals surface area contributed by atoms with E-state index in [2.05, 4.69) is 10.2 Å². The van der Waals surface area contributed by atoms with Gasteiger partial charge in [-0.15, -0.1) is 10.2 Å². The second-order valence-corrected chi connectivity index (χ2v) is 8.64. The van der Waals surface area contributed by atoms with E-state index in [-0.39, 0.29) is 34.8 Å². The lowest BCUT2D eigenvalue weighted by Gasteiger charge is -2.19. The molecule has 0 aliphatic heterocycles. The first kappa shape index (κ1) is 15.5. The van der Waals surface area contributed by atoms with Gasteiger partial charge in [0, 0.05) is 18.8 Å². The van der Waals surface area contributed by atoms with Gasteiger partial charge in [0.05, 0.1) is 4.90 Å². The van der Waals surface area contributed by atoms with Gasteiger partial charge in [0.1, 0.15) is 11.0 Å². The molecule has 24 heavy (non-hydrogen) atoms. The van der Waals surface area contributed by atoms with Crippen LogP contribution in [-0.2, 0) is 14.6 Å². The molecule has 2 fully saturated rings. The summed E-state index contributed by atoms with van der Waals surface area (Å²) in [5, 5.41) is 7.11. The van der Waals surface area contributed by atoms with Gasteiger partial charge in [-0.05, 0) is 37.3 Å². The SMILES string of the molecule is O=C1CCC(C(c2nnc(C3CC3)o2)S(=O)(=O)c2ccccc2)C1. The first-order valence-electron chi connectivity index (χ1n) is 8.19. The van der Waals surface area contributed by atoms with Crippen LogP contribution in [0.25, 0.3) is 0 Å². The van der Waals surface area contributed by atoms with Gasteiger partial charge in [-0.25, -0.2) is 8.42 Å². The molecule has 1 heterocycles. The van der Waals surface area contributed by atoms with E-state index in [4.69, 9.17) is 4.42 Å². The van der Waals surface area contributed by atoms with E-state index in [1.54, 1.807) is 30.3 Å². The van der Waals surface area contributed by atoms with Crippen molar-refractivity contribution in [2.75, 3.05) is 0 Å². The van der Waals surface area contributed by atoms with Crippen LogP contribution in [0.3, 0.4) is 0 Å². The Bertz CT molecular complexity index is 856. The Kier molecular flexibility index (Phi) is 3.75. The number of Topliss-reactive ketones (excluding diaryl/α,β-unsaturated/α-hetero) is 1. The predicted molar refractivity (Wildman–Crippen MR) is 85.0 cm³/mol. The van der Waals surface area contributed by atoms with Crippen molar-refractivity contribution in [3.8, 4) is 0 Å². The normalized spacial score (nSPS) is 22.7. The van der Waals surface area contributed by atoms with E-state index in [1.807, 2.05) is 0 Å². The van der Waals surface area contributed by atoms with Crippen LogP contribution in [0.15, 0.2) is 39.6 Å². The van der Waals surface area contributed by atoms with E-state index in [0.717, 1.165) is 12.8 Å². The molecular formula is C17H18N2O4S. The molecule has 1 aromatic carbocycles. The Labute approximate surface area is 140 Å². The smallest absolute Gasteiger partial charge is 0.235 e. The standard InChI is InChI=1S/C17H18N2O4S/c20-13-9-8-12(10-13)15(17-19-18-16(23-17)11-6-7-11)24(21,22)14-4-2-1-3-5-14/h1-5,11-12,15H,6-10H2. The first-order valence-corrected chi connectivity index (χ1v) is 9.74. The fraction of sp³-hybridized carbons (Fsp3) is 0.471. The lowest BCUT2D eigenvalue weighted by atomic mass is 10.0. The topological polar surface area (TPSA) is 90.1 Å². The average molecular weight is 346 g/mol. The number of benzene rings is 1. The Balaban J connectivity index is 1.76. The van der Waals surface area contributed by atoms with Crippen LogP contribution >= 0.6 is 0 Å². The maximum absolute atomic E-state index is 13.2. The first-order chi connectivity index (χ1) is 11.6. The molecule has 0 saturated heterocycles. The highest BCUT2D eigenvalue weighted by molar-refractivity contribution is 7.91. The number of carbonyl (C=O) groups excluding carboxylic acids is 1. The van der Waals surface area contributed by atoms with Crippen LogP contribution in [0.4, 0.5) is 0 Å². The Morgan fingerprint density at radius 2 is 1.83 bits per heavy atom. The lowest BCUT2D eigenvalue weighted by molar-refractivity contribution is -0.117. The average Bonchev–Trinajstić information content (AvgIpc) is 3.18. The van der Waals surface area contributed by atoms with Crippen molar-refractivity contribution in [2.24, 2.45) is 5.92 Å². The minimum Gasteiger partial charge on any atom is -0.424 e. The summed E-state index contributed by atoms with van der Waals surface area (Å²) in [5.41, 5.74) is 0. The maximum Gasteiger partial charge on any atom is 0.235 e. The Morgan fingerprint density at radius 1 is 1.08 bits per heavy atom. The second-order valence-electron chi connectivity index (χ2n) is 6.57. The minimum atomic E-state index is -3.70. The molecule has 2 aliphatic rings. The van der Waals surface area contributed by atoms with Crippen LogP contribution in [0.5, 0.6) is 0 Å². The lowest BCUT2D eigenvalue weighted by Crippen LogP contribution is -2.21. The summed E-state index contributed by atoms with van der Waals surface area (Å²) < 4.78 is 32.1. The van der Waals surface area contributed by atoms with Crippen molar-refractivity contribution in [1.82, 2.24) is 10.2 Å². The van der Waals surface area contributed by atoms with E-state index >= 15 is 0 Å². The predicted octanol–water partition coefficient (Wildman–Crippen LogP) is 2.83. The highest BCUT2D eigenvalue weighted by Gasteiger charge is 2.44. The zero-order chi connectivity index (χ0) is 16.7. The molecule has 0 spiro atoms. The Morgan fingerprint density at radius 3 is 2.46 bits per heavy atom. The number of aromatic nitrogens is 2. The van der Waals surface area contributed by atoms with Crippen molar-refractivity contribution >= 4 is 15.6 Å². The number of nitrogens with zero attached hydrogens (tertiary/aromatic N) is 2. The molecule has 2 saturated carbocycles. The molecule has 2 unspecified atom stereocenters. The van der Waals surface area contributed by atoms with Crippen molar-refractivity contribution in [1.29, 1.82) is 0 Å². The largest absolute Gasteiger partial charge is 0.424 e. The monoisotopic (exact) mass is 346 g/mol. The van der Waals surface area contributed by atoms with Crippen molar-refractivity contribution in [3.63, 3.8) is 0 Å². The fourth-order valence-corrected chi connectivity index (χ4v) is 5.23. The zero-order valence-corrected chi connectivity index (χ0v) is 13.9. The molecule has 2 aromatic rings. The highest BCUT2D eigenvalue weighted by Crippen LogP contribution is 2.44. The van der Waals surface area contributed by atoms with Gasteiger partial charge in [0.15, 0.2) is 9.84 Å². The van der Waals surface area contributed by atoms with Gasteiger partial charge in [-0.3, -0.25) is 4.79 Å². The van der Waals surface area contributed by atoms with Crippen LogP contribution in [-0.4, -0.2) is 24.4 Å². The number of hydrogen-bond donors (Lipinski definition) is 0. The summed E-state index contributed by atoms with van der Waals surface area (Å²) in [4.78, 5) is 11.9. The second kappa shape index (κ2) is 5.81. The van der Waals surface area contributed by atoms with Gasteiger partial charge in [-0.2, -0.15) is 0 Å². The van der Waals surface area contributed by atoms with E-state index in [0.29, 0.717) is 18.7 Å². The van der Waals surface area contributed by atoms with Gasteiger partial charge in [0.2, 0.25) is 11.8 Å². The highest BCUT2D eigenvalue weighted by atomic mass is 32.2.